The lowest BCUT2D eigenvalue weighted by Gasteiger charge is -2.39. The highest BCUT2D eigenvalue weighted by Crippen LogP contribution is 2.42. The van der Waals surface area contributed by atoms with Crippen molar-refractivity contribution in [2.75, 3.05) is 0 Å². The average Bonchev–Trinajstić information content (AvgIpc) is 2.82. The molecule has 0 amide bonds. The lowest BCUT2D eigenvalue weighted by atomic mass is 9.30. The molecule has 0 aliphatic carbocycles. The van der Waals surface area contributed by atoms with E-state index in [0.717, 1.165) is 43.7 Å². The largest absolute Gasteiger partial charge is 0.143 e. The fourth-order valence-electron chi connectivity index (χ4n) is 7.93. The number of rotatable bonds is 12. The highest BCUT2D eigenvalue weighted by molar-refractivity contribution is 6.61. The van der Waals surface area contributed by atoms with Crippen molar-refractivity contribution in [1.29, 1.82) is 0 Å². The summed E-state index contributed by atoms with van der Waals surface area (Å²) in [6, 6.07) is 0. The Morgan fingerprint density at radius 3 is 2.13 bits per heavy atom. The fourth-order valence-corrected chi connectivity index (χ4v) is 7.93. The third-order valence-electron chi connectivity index (χ3n) is 10.4. The van der Waals surface area contributed by atoms with Gasteiger partial charge in [0.25, 0.3) is 0 Å². The summed E-state index contributed by atoms with van der Waals surface area (Å²) in [5, 5.41) is 0. The predicted octanol–water partition coefficient (Wildman–Crippen LogP) is 9.86. The molecular weight excluding hydrogens is 369 g/mol. The summed E-state index contributed by atoms with van der Waals surface area (Å²) in [4.78, 5) is 0. The van der Waals surface area contributed by atoms with Gasteiger partial charge in [-0.05, 0) is 17.8 Å². The quantitative estimate of drug-likeness (QED) is 0.216. The van der Waals surface area contributed by atoms with Gasteiger partial charge in [0.2, 0.25) is 0 Å². The van der Waals surface area contributed by atoms with Gasteiger partial charge in [-0.15, -0.1) is 0 Å². The molecule has 3 saturated heterocycles. The second-order valence-electron chi connectivity index (χ2n) is 12.5. The van der Waals surface area contributed by atoms with Gasteiger partial charge in [-0.25, -0.2) is 0 Å². The topological polar surface area (TPSA) is 0 Å². The van der Waals surface area contributed by atoms with Crippen molar-refractivity contribution in [2.45, 2.75) is 161 Å². The van der Waals surface area contributed by atoms with Crippen molar-refractivity contribution in [2.24, 2.45) is 17.8 Å². The molecular formula is C28H55B3. The molecule has 176 valence electrons. The van der Waals surface area contributed by atoms with E-state index < -0.39 is 0 Å². The van der Waals surface area contributed by atoms with Gasteiger partial charge < -0.3 is 0 Å². The van der Waals surface area contributed by atoms with E-state index >= 15 is 0 Å². The van der Waals surface area contributed by atoms with Crippen molar-refractivity contribution >= 4 is 20.1 Å². The van der Waals surface area contributed by atoms with E-state index in [4.69, 9.17) is 0 Å². The number of hydrogen-bond acceptors (Lipinski definition) is 0. The Bertz CT molecular complexity index is 459. The first-order valence-electron chi connectivity index (χ1n) is 15.2. The van der Waals surface area contributed by atoms with Crippen LogP contribution in [-0.2, 0) is 0 Å². The standard InChI is InChI=1S/C28H55B3/c1-4-6-8-17-29-21-15-26(16-22-29)12-7-9-18-30-19-10-13-27(23-30)28-14-11-20-31(24-28)25(3)5-2/h25-28H,4-24H2,1-3H3. The second-order valence-corrected chi connectivity index (χ2v) is 12.5. The summed E-state index contributed by atoms with van der Waals surface area (Å²) in [6.07, 6.45) is 32.1. The van der Waals surface area contributed by atoms with E-state index in [2.05, 4.69) is 20.8 Å². The van der Waals surface area contributed by atoms with E-state index in [9.17, 15) is 0 Å². The van der Waals surface area contributed by atoms with Crippen molar-refractivity contribution in [3.63, 3.8) is 0 Å². The molecule has 0 bridgehead atoms. The molecule has 0 radical (unpaired) electrons. The molecule has 3 rings (SSSR count). The summed E-state index contributed by atoms with van der Waals surface area (Å²) >= 11 is 0. The molecule has 0 aromatic carbocycles. The lowest BCUT2D eigenvalue weighted by Crippen LogP contribution is -2.34. The van der Waals surface area contributed by atoms with Gasteiger partial charge in [0.15, 0.2) is 0 Å². The van der Waals surface area contributed by atoms with Crippen LogP contribution in [-0.4, -0.2) is 20.1 Å². The molecule has 3 atom stereocenters. The second kappa shape index (κ2) is 14.5. The van der Waals surface area contributed by atoms with Crippen molar-refractivity contribution in [3.05, 3.63) is 0 Å². The zero-order valence-corrected chi connectivity index (χ0v) is 21.9. The minimum atomic E-state index is 0.966. The molecule has 3 aliphatic heterocycles. The normalized spacial score (nSPS) is 27.0. The van der Waals surface area contributed by atoms with E-state index in [0.29, 0.717) is 0 Å². The Kier molecular flexibility index (Phi) is 12.0. The van der Waals surface area contributed by atoms with Crippen molar-refractivity contribution in [3.8, 4) is 0 Å². The van der Waals surface area contributed by atoms with Gasteiger partial charge >= 0.3 is 0 Å². The predicted molar refractivity (Wildman–Crippen MR) is 147 cm³/mol. The molecule has 3 heteroatoms. The first kappa shape index (κ1) is 25.8. The van der Waals surface area contributed by atoms with Crippen LogP contribution >= 0.6 is 0 Å². The van der Waals surface area contributed by atoms with E-state index in [1.54, 1.807) is 76.4 Å². The van der Waals surface area contributed by atoms with Crippen LogP contribution in [0.2, 0.25) is 56.4 Å². The third kappa shape index (κ3) is 8.81. The van der Waals surface area contributed by atoms with Gasteiger partial charge in [-0.3, -0.25) is 0 Å². The Morgan fingerprint density at radius 2 is 1.39 bits per heavy atom. The van der Waals surface area contributed by atoms with Crippen LogP contribution in [0.1, 0.15) is 104 Å². The Hall–Kier alpha value is 0.195. The maximum absolute atomic E-state index is 2.52. The molecule has 0 N–H and O–H groups in total. The molecule has 3 aliphatic rings. The van der Waals surface area contributed by atoms with Gasteiger partial charge in [-0.2, -0.15) is 0 Å². The molecule has 0 saturated carbocycles. The SMILES string of the molecule is CCCCCB1CCC(CCCCB2CCCC(C3CCCB(C(C)CC)C3)C2)CC1. The number of hydrogen-bond donors (Lipinski definition) is 0. The van der Waals surface area contributed by atoms with E-state index in [-0.39, 0.29) is 0 Å². The monoisotopic (exact) mass is 424 g/mol. The Balaban J connectivity index is 1.27. The molecule has 3 fully saturated rings. The highest BCUT2D eigenvalue weighted by atomic mass is 14.3. The van der Waals surface area contributed by atoms with Gasteiger partial charge in [-0.1, -0.05) is 161 Å². The van der Waals surface area contributed by atoms with Gasteiger partial charge in [0.05, 0.1) is 0 Å². The van der Waals surface area contributed by atoms with Crippen LogP contribution in [0, 0.1) is 17.8 Å². The van der Waals surface area contributed by atoms with Crippen LogP contribution < -0.4 is 0 Å². The summed E-state index contributed by atoms with van der Waals surface area (Å²) < 4.78 is 0. The minimum absolute atomic E-state index is 0.966. The van der Waals surface area contributed by atoms with Crippen molar-refractivity contribution < 1.29 is 0 Å². The highest BCUT2D eigenvalue weighted by Gasteiger charge is 2.35. The first-order valence-corrected chi connectivity index (χ1v) is 15.2. The van der Waals surface area contributed by atoms with Gasteiger partial charge in [0.1, 0.15) is 20.1 Å². The van der Waals surface area contributed by atoms with Crippen LogP contribution in [0.25, 0.3) is 0 Å². The maximum Gasteiger partial charge on any atom is 0.143 e. The summed E-state index contributed by atoms with van der Waals surface area (Å²) in [5.74, 6) is 4.23. The first-order chi connectivity index (χ1) is 15.2. The summed E-state index contributed by atoms with van der Waals surface area (Å²) in [6.45, 7) is 10.5. The third-order valence-corrected chi connectivity index (χ3v) is 10.4. The average molecular weight is 424 g/mol. The lowest BCUT2D eigenvalue weighted by molar-refractivity contribution is 0.314. The zero-order chi connectivity index (χ0) is 21.9. The molecule has 0 spiro atoms. The minimum Gasteiger partial charge on any atom is -0.0741 e. The summed E-state index contributed by atoms with van der Waals surface area (Å²) in [5.41, 5.74) is 0. The molecule has 31 heavy (non-hydrogen) atoms. The van der Waals surface area contributed by atoms with E-state index in [1.165, 1.54) is 57.6 Å². The molecule has 3 heterocycles. The smallest absolute Gasteiger partial charge is 0.0741 e. The number of unbranched alkanes of at least 4 members (excludes halogenated alkanes) is 3. The van der Waals surface area contributed by atoms with E-state index in [1.807, 2.05) is 0 Å². The summed E-state index contributed by atoms with van der Waals surface area (Å²) in [7, 11) is 0. The Morgan fingerprint density at radius 1 is 0.710 bits per heavy atom. The van der Waals surface area contributed by atoms with Crippen LogP contribution in [0.15, 0.2) is 0 Å². The van der Waals surface area contributed by atoms with Crippen LogP contribution in [0.5, 0.6) is 0 Å². The molecule has 3 unspecified atom stereocenters. The Labute approximate surface area is 198 Å². The molecule has 0 nitrogen and oxygen atoms in total. The van der Waals surface area contributed by atoms with Crippen LogP contribution in [0.4, 0.5) is 0 Å². The van der Waals surface area contributed by atoms with Crippen LogP contribution in [0.3, 0.4) is 0 Å². The molecule has 0 aromatic rings. The van der Waals surface area contributed by atoms with Gasteiger partial charge in [0, 0.05) is 0 Å². The maximum atomic E-state index is 2.52. The zero-order valence-electron chi connectivity index (χ0n) is 21.9. The fraction of sp³-hybridized carbons (Fsp3) is 1.00. The molecule has 0 aromatic heterocycles. The van der Waals surface area contributed by atoms with Crippen molar-refractivity contribution in [1.82, 2.24) is 0 Å².